The lowest BCUT2D eigenvalue weighted by Crippen LogP contribution is -2.55. The summed E-state index contributed by atoms with van der Waals surface area (Å²) in [4.78, 5) is 13.9. The lowest BCUT2D eigenvalue weighted by atomic mass is 9.98. The zero-order valence-electron chi connectivity index (χ0n) is 12.8. The number of ether oxygens (including phenoxy) is 1. The molecule has 0 aromatic carbocycles. The van der Waals surface area contributed by atoms with Gasteiger partial charge in [0.25, 0.3) is 0 Å². The van der Waals surface area contributed by atoms with Crippen LogP contribution in [0.25, 0.3) is 0 Å². The molecule has 0 radical (unpaired) electrons. The molecule has 1 atom stereocenters. The Kier molecular flexibility index (Phi) is 5.21. The van der Waals surface area contributed by atoms with E-state index in [2.05, 4.69) is 5.32 Å². The molecule has 2 N–H and O–H groups in total. The Hall–Kier alpha value is -0.810. The maximum absolute atomic E-state index is 12.2. The van der Waals surface area contributed by atoms with Crippen molar-refractivity contribution in [1.82, 2.24) is 10.2 Å². The summed E-state index contributed by atoms with van der Waals surface area (Å²) < 4.78 is 5.44. The van der Waals surface area contributed by atoms with Crippen molar-refractivity contribution in [1.29, 1.82) is 0 Å². The summed E-state index contributed by atoms with van der Waals surface area (Å²) in [6, 6.07) is 0.0926. The quantitative estimate of drug-likeness (QED) is 0.821. The van der Waals surface area contributed by atoms with E-state index in [1.54, 1.807) is 18.7 Å². The molecular weight excluding hydrogens is 244 g/mol. The van der Waals surface area contributed by atoms with Crippen LogP contribution in [0.1, 0.15) is 47.5 Å². The zero-order valence-corrected chi connectivity index (χ0v) is 12.8. The van der Waals surface area contributed by atoms with Crippen LogP contribution in [-0.2, 0) is 4.74 Å². The van der Waals surface area contributed by atoms with E-state index in [1.807, 2.05) is 20.8 Å². The standard InChI is InChI=1S/C14H28N2O3/c1-13(2,3)19-12(17)16-9-8-15-10-11(16)6-7-14(4,5)18/h11,15,18H,6-10H2,1-5H3. The van der Waals surface area contributed by atoms with Crippen LogP contribution in [-0.4, -0.2) is 53.0 Å². The first-order chi connectivity index (χ1) is 8.58. The summed E-state index contributed by atoms with van der Waals surface area (Å²) in [6.45, 7) is 11.4. The van der Waals surface area contributed by atoms with Gasteiger partial charge in [0.2, 0.25) is 0 Å². The third-order valence-electron chi connectivity index (χ3n) is 3.07. The van der Waals surface area contributed by atoms with Crippen LogP contribution < -0.4 is 5.32 Å². The highest BCUT2D eigenvalue weighted by Crippen LogP contribution is 2.19. The normalized spacial score (nSPS) is 21.4. The monoisotopic (exact) mass is 272 g/mol. The summed E-state index contributed by atoms with van der Waals surface area (Å²) in [5.74, 6) is 0. The number of carbonyl (C=O) groups is 1. The van der Waals surface area contributed by atoms with Crippen molar-refractivity contribution in [2.24, 2.45) is 0 Å². The molecule has 0 saturated carbocycles. The molecule has 1 heterocycles. The largest absolute Gasteiger partial charge is 0.444 e. The molecule has 1 unspecified atom stereocenters. The van der Waals surface area contributed by atoms with Crippen LogP contribution >= 0.6 is 0 Å². The molecule has 1 rings (SSSR count). The number of amides is 1. The number of nitrogens with one attached hydrogen (secondary N) is 1. The predicted octanol–water partition coefficient (Wildman–Crippen LogP) is 1.75. The van der Waals surface area contributed by atoms with Crippen molar-refractivity contribution in [3.8, 4) is 0 Å². The molecule has 0 aliphatic carbocycles. The first kappa shape index (κ1) is 16.2. The van der Waals surface area contributed by atoms with E-state index in [0.717, 1.165) is 19.5 Å². The van der Waals surface area contributed by atoms with Gasteiger partial charge < -0.3 is 20.1 Å². The summed E-state index contributed by atoms with van der Waals surface area (Å²) in [7, 11) is 0. The highest BCUT2D eigenvalue weighted by Gasteiger charge is 2.31. The van der Waals surface area contributed by atoms with E-state index in [1.165, 1.54) is 0 Å². The van der Waals surface area contributed by atoms with Crippen molar-refractivity contribution < 1.29 is 14.6 Å². The van der Waals surface area contributed by atoms with Crippen molar-refractivity contribution in [3.63, 3.8) is 0 Å². The Morgan fingerprint density at radius 1 is 1.37 bits per heavy atom. The van der Waals surface area contributed by atoms with Gasteiger partial charge in [-0.15, -0.1) is 0 Å². The third-order valence-corrected chi connectivity index (χ3v) is 3.07. The van der Waals surface area contributed by atoms with Crippen molar-refractivity contribution >= 4 is 6.09 Å². The fourth-order valence-electron chi connectivity index (χ4n) is 2.10. The average Bonchev–Trinajstić information content (AvgIpc) is 2.23. The maximum Gasteiger partial charge on any atom is 0.410 e. The summed E-state index contributed by atoms with van der Waals surface area (Å²) in [6.07, 6.45) is 1.18. The molecule has 5 nitrogen and oxygen atoms in total. The van der Waals surface area contributed by atoms with Crippen LogP contribution in [0, 0.1) is 0 Å². The Morgan fingerprint density at radius 3 is 2.53 bits per heavy atom. The molecule has 0 aromatic heterocycles. The SMILES string of the molecule is CC(C)(O)CCC1CNCCN1C(=O)OC(C)(C)C. The van der Waals surface area contributed by atoms with Gasteiger partial charge in [-0.1, -0.05) is 0 Å². The van der Waals surface area contributed by atoms with Crippen molar-refractivity contribution in [2.45, 2.75) is 64.7 Å². The number of aliphatic hydroxyl groups is 1. The summed E-state index contributed by atoms with van der Waals surface area (Å²) in [5.41, 5.74) is -1.17. The fraction of sp³-hybridized carbons (Fsp3) is 0.929. The van der Waals surface area contributed by atoms with Gasteiger partial charge in [-0.05, 0) is 47.5 Å². The molecule has 5 heteroatoms. The minimum absolute atomic E-state index is 0.0926. The molecule has 0 bridgehead atoms. The molecular formula is C14H28N2O3. The smallest absolute Gasteiger partial charge is 0.410 e. The lowest BCUT2D eigenvalue weighted by Gasteiger charge is -2.38. The van der Waals surface area contributed by atoms with E-state index in [9.17, 15) is 9.90 Å². The average molecular weight is 272 g/mol. The maximum atomic E-state index is 12.2. The number of piperazine rings is 1. The van der Waals surface area contributed by atoms with Gasteiger partial charge in [-0.2, -0.15) is 0 Å². The Bertz CT molecular complexity index is 305. The van der Waals surface area contributed by atoms with Crippen LogP contribution in [0.15, 0.2) is 0 Å². The zero-order chi connectivity index (χ0) is 14.7. The summed E-state index contributed by atoms with van der Waals surface area (Å²) in [5, 5.41) is 13.1. The predicted molar refractivity (Wildman–Crippen MR) is 75.1 cm³/mol. The Morgan fingerprint density at radius 2 is 2.00 bits per heavy atom. The van der Waals surface area contributed by atoms with E-state index in [-0.39, 0.29) is 12.1 Å². The number of rotatable bonds is 3. The van der Waals surface area contributed by atoms with E-state index >= 15 is 0 Å². The molecule has 19 heavy (non-hydrogen) atoms. The van der Waals surface area contributed by atoms with E-state index in [0.29, 0.717) is 13.0 Å². The van der Waals surface area contributed by atoms with Crippen LogP contribution in [0.5, 0.6) is 0 Å². The second kappa shape index (κ2) is 6.09. The lowest BCUT2D eigenvalue weighted by molar-refractivity contribution is 0.00528. The number of nitrogens with zero attached hydrogens (tertiary/aromatic N) is 1. The van der Waals surface area contributed by atoms with Gasteiger partial charge in [-0.3, -0.25) is 0 Å². The first-order valence-electron chi connectivity index (χ1n) is 7.01. The fourth-order valence-corrected chi connectivity index (χ4v) is 2.10. The second-order valence-corrected chi connectivity index (χ2v) is 6.88. The minimum Gasteiger partial charge on any atom is -0.444 e. The van der Waals surface area contributed by atoms with Gasteiger partial charge in [-0.25, -0.2) is 4.79 Å². The number of carbonyl (C=O) groups excluding carboxylic acids is 1. The van der Waals surface area contributed by atoms with Gasteiger partial charge >= 0.3 is 6.09 Å². The van der Waals surface area contributed by atoms with Gasteiger partial charge in [0, 0.05) is 25.7 Å². The molecule has 1 fully saturated rings. The Labute approximate surface area is 116 Å². The molecule has 1 saturated heterocycles. The van der Waals surface area contributed by atoms with Crippen molar-refractivity contribution in [3.05, 3.63) is 0 Å². The van der Waals surface area contributed by atoms with Gasteiger partial charge in [0.1, 0.15) is 5.60 Å². The van der Waals surface area contributed by atoms with Gasteiger partial charge in [0.15, 0.2) is 0 Å². The molecule has 1 aliphatic rings. The highest BCUT2D eigenvalue weighted by atomic mass is 16.6. The van der Waals surface area contributed by atoms with Crippen LogP contribution in [0.3, 0.4) is 0 Å². The highest BCUT2D eigenvalue weighted by molar-refractivity contribution is 5.68. The van der Waals surface area contributed by atoms with E-state index in [4.69, 9.17) is 4.74 Å². The second-order valence-electron chi connectivity index (χ2n) is 6.88. The number of hydrogen-bond acceptors (Lipinski definition) is 4. The first-order valence-corrected chi connectivity index (χ1v) is 7.01. The molecule has 1 amide bonds. The van der Waals surface area contributed by atoms with Gasteiger partial charge in [0.05, 0.1) is 5.60 Å². The molecule has 112 valence electrons. The topological polar surface area (TPSA) is 61.8 Å². The van der Waals surface area contributed by atoms with Crippen LogP contribution in [0.2, 0.25) is 0 Å². The molecule has 0 spiro atoms. The minimum atomic E-state index is -0.697. The third kappa shape index (κ3) is 6.25. The van der Waals surface area contributed by atoms with Crippen LogP contribution in [0.4, 0.5) is 4.79 Å². The molecule has 1 aliphatic heterocycles. The van der Waals surface area contributed by atoms with Crippen molar-refractivity contribution in [2.75, 3.05) is 19.6 Å². The number of hydrogen-bond donors (Lipinski definition) is 2. The summed E-state index contributed by atoms with van der Waals surface area (Å²) >= 11 is 0. The van der Waals surface area contributed by atoms with E-state index < -0.39 is 11.2 Å². The molecule has 0 aromatic rings. The Balaban J connectivity index is 2.59.